The van der Waals surface area contributed by atoms with E-state index in [1.807, 2.05) is 73.7 Å². The first-order valence-corrected chi connectivity index (χ1v) is 13.6. The average Bonchev–Trinajstić information content (AvgIpc) is 3.19. The Hall–Kier alpha value is -3.96. The summed E-state index contributed by atoms with van der Waals surface area (Å²) in [5, 5.41) is 4.18. The fourth-order valence-corrected chi connectivity index (χ4v) is 5.97. The van der Waals surface area contributed by atoms with Crippen molar-refractivity contribution < 1.29 is 14.3 Å². The number of hydrogen-bond donors (Lipinski definition) is 1. The van der Waals surface area contributed by atoms with Crippen LogP contribution in [-0.4, -0.2) is 18.1 Å². The van der Waals surface area contributed by atoms with E-state index in [2.05, 4.69) is 50.0 Å². The highest BCUT2D eigenvalue weighted by molar-refractivity contribution is 6.30. The molecule has 6 heteroatoms. The quantitative estimate of drug-likeness (QED) is 0.264. The maximum Gasteiger partial charge on any atom is 0.340 e. The number of carbonyl (C=O) groups is 1. The van der Waals surface area contributed by atoms with Gasteiger partial charge in [-0.2, -0.15) is 0 Å². The molecule has 2 aliphatic rings. The van der Waals surface area contributed by atoms with Crippen molar-refractivity contribution in [2.45, 2.75) is 45.8 Å². The van der Waals surface area contributed by atoms with E-state index in [1.54, 1.807) is 0 Å². The van der Waals surface area contributed by atoms with E-state index in [9.17, 15) is 4.79 Å². The van der Waals surface area contributed by atoms with Crippen LogP contribution in [0.1, 0.15) is 60.3 Å². The van der Waals surface area contributed by atoms with Crippen molar-refractivity contribution in [3.8, 4) is 11.5 Å². The Bertz CT molecular complexity index is 1610. The summed E-state index contributed by atoms with van der Waals surface area (Å²) in [5.74, 6) is 1.01. The molecule has 0 aliphatic carbocycles. The van der Waals surface area contributed by atoms with Crippen LogP contribution in [0.2, 0.25) is 5.02 Å². The molecule has 4 aromatic rings. The van der Waals surface area contributed by atoms with Gasteiger partial charge < -0.3 is 19.7 Å². The molecule has 39 heavy (non-hydrogen) atoms. The first-order chi connectivity index (χ1) is 18.6. The Morgan fingerprint density at radius 3 is 2.33 bits per heavy atom. The average molecular weight is 539 g/mol. The van der Waals surface area contributed by atoms with Crippen LogP contribution in [0.4, 0.5) is 17.1 Å². The SMILES string of the molecule is CCN(c1ccc2c(c1)Oc1cc(C)c(Nc3ccc(Cl)cc3)cc1C21OC(=O)c2ccccc21)C(C)(C)C. The number of benzene rings is 4. The molecule has 1 unspecified atom stereocenters. The van der Waals surface area contributed by atoms with Crippen molar-refractivity contribution in [2.75, 3.05) is 16.8 Å². The molecule has 0 saturated heterocycles. The summed E-state index contributed by atoms with van der Waals surface area (Å²) in [6.45, 7) is 11.6. The standard InChI is InChI=1S/C33H31ClN2O3/c1-6-36(32(3,4)5)23-15-16-26-30(18-23)38-29-17-20(2)28(35-22-13-11-21(34)12-14-22)19-27(29)33(26)25-10-8-7-9-24(25)31(37)39-33/h7-19,35H,6H2,1-5H3. The van der Waals surface area contributed by atoms with E-state index in [-0.39, 0.29) is 11.5 Å². The summed E-state index contributed by atoms with van der Waals surface area (Å²) in [7, 11) is 0. The van der Waals surface area contributed by atoms with Gasteiger partial charge in [0.15, 0.2) is 5.60 Å². The zero-order valence-electron chi connectivity index (χ0n) is 22.8. The molecule has 0 fully saturated rings. The number of nitrogens with one attached hydrogen (secondary N) is 1. The molecule has 1 N–H and O–H groups in total. The lowest BCUT2D eigenvalue weighted by Gasteiger charge is -2.40. The lowest BCUT2D eigenvalue weighted by molar-refractivity contribution is 0.0224. The summed E-state index contributed by atoms with van der Waals surface area (Å²) in [5.41, 5.74) is 5.63. The summed E-state index contributed by atoms with van der Waals surface area (Å²) in [4.78, 5) is 15.6. The maximum atomic E-state index is 13.3. The van der Waals surface area contributed by atoms with Crippen LogP contribution in [0.5, 0.6) is 11.5 Å². The number of aryl methyl sites for hydroxylation is 1. The van der Waals surface area contributed by atoms with Crippen LogP contribution >= 0.6 is 11.6 Å². The van der Waals surface area contributed by atoms with Gasteiger partial charge >= 0.3 is 5.97 Å². The van der Waals surface area contributed by atoms with Crippen molar-refractivity contribution >= 4 is 34.6 Å². The molecule has 1 atom stereocenters. The van der Waals surface area contributed by atoms with Crippen LogP contribution in [0, 0.1) is 6.92 Å². The van der Waals surface area contributed by atoms with E-state index in [4.69, 9.17) is 21.1 Å². The molecule has 198 valence electrons. The van der Waals surface area contributed by atoms with Crippen LogP contribution in [0.15, 0.2) is 78.9 Å². The van der Waals surface area contributed by atoms with Gasteiger partial charge in [-0.25, -0.2) is 4.79 Å². The van der Waals surface area contributed by atoms with Crippen molar-refractivity contribution in [2.24, 2.45) is 0 Å². The number of anilines is 3. The van der Waals surface area contributed by atoms with Crippen LogP contribution in [-0.2, 0) is 10.3 Å². The van der Waals surface area contributed by atoms with Gasteiger partial charge in [0, 0.05) is 56.9 Å². The van der Waals surface area contributed by atoms with E-state index in [0.29, 0.717) is 22.1 Å². The van der Waals surface area contributed by atoms with Gasteiger partial charge in [-0.3, -0.25) is 0 Å². The van der Waals surface area contributed by atoms with Gasteiger partial charge in [0.1, 0.15) is 11.5 Å². The smallest absolute Gasteiger partial charge is 0.340 e. The van der Waals surface area contributed by atoms with Gasteiger partial charge in [-0.05, 0) is 94.8 Å². The largest absolute Gasteiger partial charge is 0.456 e. The number of ether oxygens (including phenoxy) is 2. The second-order valence-corrected chi connectivity index (χ2v) is 11.5. The molecular formula is C33H31ClN2O3. The lowest BCUT2D eigenvalue weighted by Crippen LogP contribution is -2.41. The molecular weight excluding hydrogens is 508 g/mol. The second-order valence-electron chi connectivity index (χ2n) is 11.1. The number of esters is 1. The minimum Gasteiger partial charge on any atom is -0.456 e. The minimum absolute atomic E-state index is 0.0709. The Labute approximate surface area is 234 Å². The van der Waals surface area contributed by atoms with E-state index in [1.165, 1.54) is 0 Å². The zero-order valence-corrected chi connectivity index (χ0v) is 23.5. The lowest BCUT2D eigenvalue weighted by atomic mass is 9.77. The predicted molar refractivity (Wildman–Crippen MR) is 157 cm³/mol. The number of hydrogen-bond acceptors (Lipinski definition) is 5. The van der Waals surface area contributed by atoms with Gasteiger partial charge in [0.2, 0.25) is 0 Å². The normalized spacial score (nSPS) is 17.1. The third kappa shape index (κ3) is 4.04. The Morgan fingerprint density at radius 1 is 0.897 bits per heavy atom. The highest BCUT2D eigenvalue weighted by Gasteiger charge is 2.53. The molecule has 2 heterocycles. The summed E-state index contributed by atoms with van der Waals surface area (Å²) >= 11 is 6.10. The molecule has 1 spiro atoms. The third-order valence-electron chi connectivity index (χ3n) is 7.60. The third-order valence-corrected chi connectivity index (χ3v) is 7.86. The number of rotatable bonds is 4. The van der Waals surface area contributed by atoms with E-state index < -0.39 is 5.60 Å². The Kier molecular flexibility index (Phi) is 5.88. The predicted octanol–water partition coefficient (Wildman–Crippen LogP) is 8.58. The number of fused-ring (bicyclic) bond motifs is 6. The monoisotopic (exact) mass is 538 g/mol. The molecule has 5 nitrogen and oxygen atoms in total. The Morgan fingerprint density at radius 2 is 1.62 bits per heavy atom. The first kappa shape index (κ1) is 25.3. The molecule has 4 aromatic carbocycles. The maximum absolute atomic E-state index is 13.3. The van der Waals surface area contributed by atoms with Crippen molar-refractivity contribution in [3.05, 3.63) is 112 Å². The minimum atomic E-state index is -1.13. The van der Waals surface area contributed by atoms with Gasteiger partial charge in [-0.15, -0.1) is 0 Å². The number of nitrogens with zero attached hydrogens (tertiary/aromatic N) is 1. The zero-order chi connectivity index (χ0) is 27.5. The molecule has 6 rings (SSSR count). The highest BCUT2D eigenvalue weighted by Crippen LogP contribution is 2.57. The van der Waals surface area contributed by atoms with Crippen molar-refractivity contribution in [3.63, 3.8) is 0 Å². The molecule has 2 aliphatic heterocycles. The molecule has 0 amide bonds. The topological polar surface area (TPSA) is 50.8 Å². The molecule has 0 aromatic heterocycles. The molecule has 0 radical (unpaired) electrons. The van der Waals surface area contributed by atoms with Crippen molar-refractivity contribution in [1.29, 1.82) is 0 Å². The molecule has 0 saturated carbocycles. The van der Waals surface area contributed by atoms with Gasteiger partial charge in [0.05, 0.1) is 5.56 Å². The van der Waals surface area contributed by atoms with Gasteiger partial charge in [-0.1, -0.05) is 29.8 Å². The number of halogens is 1. The van der Waals surface area contributed by atoms with Gasteiger partial charge in [0.25, 0.3) is 0 Å². The first-order valence-electron chi connectivity index (χ1n) is 13.2. The fourth-order valence-electron chi connectivity index (χ4n) is 5.84. The van der Waals surface area contributed by atoms with Crippen LogP contribution in [0.3, 0.4) is 0 Å². The molecule has 0 bridgehead atoms. The van der Waals surface area contributed by atoms with E-state index in [0.717, 1.165) is 45.9 Å². The van der Waals surface area contributed by atoms with E-state index >= 15 is 0 Å². The summed E-state index contributed by atoms with van der Waals surface area (Å²) < 4.78 is 13.0. The summed E-state index contributed by atoms with van der Waals surface area (Å²) in [6, 6.07) is 25.5. The number of carbonyl (C=O) groups excluding carboxylic acids is 1. The Balaban J connectivity index is 1.56. The fraction of sp³-hybridized carbons (Fsp3) is 0.242. The second kappa shape index (κ2) is 9.06. The van der Waals surface area contributed by atoms with Crippen LogP contribution < -0.4 is 15.0 Å². The van der Waals surface area contributed by atoms with Crippen LogP contribution in [0.25, 0.3) is 0 Å². The highest BCUT2D eigenvalue weighted by atomic mass is 35.5. The summed E-state index contributed by atoms with van der Waals surface area (Å²) in [6.07, 6.45) is 0. The van der Waals surface area contributed by atoms with Crippen molar-refractivity contribution in [1.82, 2.24) is 0 Å².